The van der Waals surface area contributed by atoms with Crippen LogP contribution in [-0.2, 0) is 4.74 Å². The van der Waals surface area contributed by atoms with Gasteiger partial charge in [0.15, 0.2) is 0 Å². The van der Waals surface area contributed by atoms with Crippen LogP contribution in [0.3, 0.4) is 0 Å². The number of nitrogens with one attached hydrogen (secondary N) is 1. The van der Waals surface area contributed by atoms with Crippen LogP contribution in [0, 0.1) is 5.92 Å². The minimum atomic E-state index is 0.00181. The van der Waals surface area contributed by atoms with Gasteiger partial charge in [0, 0.05) is 19.7 Å². The second kappa shape index (κ2) is 6.58. The quantitative estimate of drug-likeness (QED) is 0.718. The van der Waals surface area contributed by atoms with Crippen LogP contribution in [0.15, 0.2) is 0 Å². The number of likely N-dealkylation sites (tertiary alicyclic amines) is 1. The lowest BCUT2D eigenvalue weighted by Crippen LogP contribution is -2.40. The average Bonchev–Trinajstić information content (AvgIpc) is 2.61. The molecule has 16 heavy (non-hydrogen) atoms. The highest BCUT2D eigenvalue weighted by atomic mass is 16.5. The first-order valence-electron chi connectivity index (χ1n) is 6.64. The van der Waals surface area contributed by atoms with Gasteiger partial charge in [-0.05, 0) is 52.7 Å². The van der Waals surface area contributed by atoms with Crippen molar-refractivity contribution in [3.05, 3.63) is 0 Å². The molecule has 1 N–H and O–H groups in total. The third kappa shape index (κ3) is 4.81. The summed E-state index contributed by atoms with van der Waals surface area (Å²) in [5, 5.41) is 3.44. The molecule has 1 rings (SSSR count). The van der Waals surface area contributed by atoms with Gasteiger partial charge in [-0.3, -0.25) is 0 Å². The average molecular weight is 228 g/mol. The number of nitrogens with zero attached hydrogens (tertiary/aromatic N) is 1. The Morgan fingerprint density at radius 3 is 2.75 bits per heavy atom. The monoisotopic (exact) mass is 228 g/mol. The fourth-order valence-electron chi connectivity index (χ4n) is 2.55. The highest BCUT2D eigenvalue weighted by Crippen LogP contribution is 2.19. The highest BCUT2D eigenvalue weighted by molar-refractivity contribution is 4.82. The molecule has 0 bridgehead atoms. The van der Waals surface area contributed by atoms with E-state index in [1.165, 1.54) is 26.1 Å². The molecule has 1 aliphatic rings. The lowest BCUT2D eigenvalue weighted by atomic mass is 10.1. The minimum Gasteiger partial charge on any atom is -0.375 e. The van der Waals surface area contributed by atoms with E-state index in [2.05, 4.69) is 37.9 Å². The van der Waals surface area contributed by atoms with E-state index in [-0.39, 0.29) is 5.60 Å². The van der Waals surface area contributed by atoms with Crippen molar-refractivity contribution < 1.29 is 4.74 Å². The first-order valence-corrected chi connectivity index (χ1v) is 6.64. The lowest BCUT2D eigenvalue weighted by Gasteiger charge is -2.30. The molecule has 1 unspecified atom stereocenters. The Kier molecular flexibility index (Phi) is 5.73. The lowest BCUT2D eigenvalue weighted by molar-refractivity contribution is -0.0307. The summed E-state index contributed by atoms with van der Waals surface area (Å²) >= 11 is 0. The van der Waals surface area contributed by atoms with Gasteiger partial charge in [-0.25, -0.2) is 0 Å². The van der Waals surface area contributed by atoms with Gasteiger partial charge in [0.25, 0.3) is 0 Å². The van der Waals surface area contributed by atoms with Crippen LogP contribution in [-0.4, -0.2) is 49.8 Å². The number of hydrogen-bond acceptors (Lipinski definition) is 3. The molecule has 1 heterocycles. The maximum Gasteiger partial charge on any atom is 0.0752 e. The molecule has 1 saturated heterocycles. The van der Waals surface area contributed by atoms with Gasteiger partial charge in [0.1, 0.15) is 0 Å². The fourth-order valence-corrected chi connectivity index (χ4v) is 2.55. The maximum absolute atomic E-state index is 5.75. The van der Waals surface area contributed by atoms with Crippen LogP contribution >= 0.6 is 0 Å². The normalized spacial score (nSPS) is 22.9. The maximum atomic E-state index is 5.75. The van der Waals surface area contributed by atoms with Crippen LogP contribution in [0.4, 0.5) is 0 Å². The summed E-state index contributed by atoms with van der Waals surface area (Å²) in [4.78, 5) is 2.54. The molecule has 0 spiro atoms. The summed E-state index contributed by atoms with van der Waals surface area (Å²) in [7, 11) is 0. The van der Waals surface area contributed by atoms with Gasteiger partial charge >= 0.3 is 0 Å². The van der Waals surface area contributed by atoms with Gasteiger partial charge in [-0.2, -0.15) is 0 Å². The second-order valence-corrected chi connectivity index (χ2v) is 5.39. The van der Waals surface area contributed by atoms with Gasteiger partial charge in [0.05, 0.1) is 5.60 Å². The molecule has 0 radical (unpaired) electrons. The van der Waals surface area contributed by atoms with Gasteiger partial charge < -0.3 is 15.0 Å². The molecule has 0 aromatic heterocycles. The molecule has 0 aromatic rings. The zero-order valence-electron chi connectivity index (χ0n) is 11.4. The standard InChI is InChI=1S/C13H28N2O/c1-5-14-9-12-7-8-15(10-12)11-13(3,4)16-6-2/h12,14H,5-11H2,1-4H3. The van der Waals surface area contributed by atoms with Crippen molar-refractivity contribution in [3.8, 4) is 0 Å². The van der Waals surface area contributed by atoms with Gasteiger partial charge in [-0.1, -0.05) is 6.92 Å². The number of hydrogen-bond donors (Lipinski definition) is 1. The molecule has 3 nitrogen and oxygen atoms in total. The van der Waals surface area contributed by atoms with E-state index in [0.717, 1.165) is 25.6 Å². The number of ether oxygens (including phenoxy) is 1. The third-order valence-corrected chi connectivity index (χ3v) is 3.19. The van der Waals surface area contributed by atoms with E-state index in [4.69, 9.17) is 4.74 Å². The molecular weight excluding hydrogens is 200 g/mol. The molecule has 96 valence electrons. The van der Waals surface area contributed by atoms with Gasteiger partial charge in [-0.15, -0.1) is 0 Å². The molecule has 0 aromatic carbocycles. The van der Waals surface area contributed by atoms with Crippen LogP contribution in [0.5, 0.6) is 0 Å². The van der Waals surface area contributed by atoms with Crippen molar-refractivity contribution in [2.45, 2.75) is 39.7 Å². The first kappa shape index (κ1) is 13.9. The van der Waals surface area contributed by atoms with Crippen molar-refractivity contribution in [1.29, 1.82) is 0 Å². The Morgan fingerprint density at radius 1 is 1.38 bits per heavy atom. The van der Waals surface area contributed by atoms with E-state index in [9.17, 15) is 0 Å². The summed E-state index contributed by atoms with van der Waals surface area (Å²) in [6, 6.07) is 0. The summed E-state index contributed by atoms with van der Waals surface area (Å²) in [5.41, 5.74) is 0.00181. The first-order chi connectivity index (χ1) is 7.57. The van der Waals surface area contributed by atoms with Crippen LogP contribution in [0.1, 0.15) is 34.1 Å². The zero-order chi connectivity index (χ0) is 12.0. The summed E-state index contributed by atoms with van der Waals surface area (Å²) in [6.45, 7) is 15.2. The Bertz CT molecular complexity index is 194. The zero-order valence-corrected chi connectivity index (χ0v) is 11.4. The van der Waals surface area contributed by atoms with Crippen LogP contribution < -0.4 is 5.32 Å². The van der Waals surface area contributed by atoms with Crippen LogP contribution in [0.25, 0.3) is 0 Å². The second-order valence-electron chi connectivity index (χ2n) is 5.39. The minimum absolute atomic E-state index is 0.00181. The highest BCUT2D eigenvalue weighted by Gasteiger charge is 2.27. The van der Waals surface area contributed by atoms with Crippen molar-refractivity contribution in [1.82, 2.24) is 10.2 Å². The van der Waals surface area contributed by atoms with Gasteiger partial charge in [0.2, 0.25) is 0 Å². The van der Waals surface area contributed by atoms with Crippen molar-refractivity contribution in [2.75, 3.05) is 39.3 Å². The Labute approximate surface area is 101 Å². The Balaban J connectivity index is 2.25. The Morgan fingerprint density at radius 2 is 2.12 bits per heavy atom. The summed E-state index contributed by atoms with van der Waals surface area (Å²) in [5.74, 6) is 0.831. The summed E-state index contributed by atoms with van der Waals surface area (Å²) in [6.07, 6.45) is 1.33. The predicted molar refractivity (Wildman–Crippen MR) is 68.8 cm³/mol. The van der Waals surface area contributed by atoms with E-state index in [1.807, 2.05) is 0 Å². The molecule has 1 atom stereocenters. The smallest absolute Gasteiger partial charge is 0.0752 e. The fraction of sp³-hybridized carbons (Fsp3) is 1.00. The molecule has 1 aliphatic heterocycles. The molecule has 0 aliphatic carbocycles. The van der Waals surface area contributed by atoms with E-state index in [1.54, 1.807) is 0 Å². The number of rotatable bonds is 7. The molecular formula is C13H28N2O. The van der Waals surface area contributed by atoms with Crippen LogP contribution in [0.2, 0.25) is 0 Å². The molecule has 1 fully saturated rings. The third-order valence-electron chi connectivity index (χ3n) is 3.19. The van der Waals surface area contributed by atoms with Crippen molar-refractivity contribution in [3.63, 3.8) is 0 Å². The van der Waals surface area contributed by atoms with E-state index < -0.39 is 0 Å². The topological polar surface area (TPSA) is 24.5 Å². The van der Waals surface area contributed by atoms with E-state index >= 15 is 0 Å². The van der Waals surface area contributed by atoms with Crippen molar-refractivity contribution in [2.24, 2.45) is 5.92 Å². The predicted octanol–water partition coefficient (Wildman–Crippen LogP) is 1.73. The Hall–Kier alpha value is -0.120. The molecule has 3 heteroatoms. The van der Waals surface area contributed by atoms with E-state index in [0.29, 0.717) is 0 Å². The SMILES string of the molecule is CCNCC1CCN(CC(C)(C)OCC)C1. The molecule has 0 saturated carbocycles. The summed E-state index contributed by atoms with van der Waals surface area (Å²) < 4.78 is 5.75. The molecule has 0 amide bonds. The largest absolute Gasteiger partial charge is 0.375 e. The van der Waals surface area contributed by atoms with Crippen molar-refractivity contribution >= 4 is 0 Å².